The molecule has 0 aliphatic carbocycles. The largest absolute Gasteiger partial charge is 0.472 e. The Balaban J connectivity index is 5.26. The van der Waals surface area contributed by atoms with Crippen molar-refractivity contribution in [2.45, 2.75) is 407 Å². The summed E-state index contributed by atoms with van der Waals surface area (Å²) in [7, 11) is -9.95. The second-order valence-corrected chi connectivity index (χ2v) is 31.9. The zero-order valence-electron chi connectivity index (χ0n) is 65.9. The van der Waals surface area contributed by atoms with Gasteiger partial charge in [0.05, 0.1) is 26.4 Å². The van der Waals surface area contributed by atoms with Crippen LogP contribution in [0.25, 0.3) is 0 Å². The van der Waals surface area contributed by atoms with Gasteiger partial charge in [-0.25, -0.2) is 9.13 Å². The molecule has 7 atom stereocenters. The third-order valence-corrected chi connectivity index (χ3v) is 20.8. The van der Waals surface area contributed by atoms with Gasteiger partial charge in [-0.2, -0.15) is 0 Å². The van der Waals surface area contributed by atoms with Crippen LogP contribution in [0.5, 0.6) is 0 Å². The van der Waals surface area contributed by atoms with Crippen molar-refractivity contribution in [3.05, 3.63) is 48.6 Å². The van der Waals surface area contributed by atoms with Crippen LogP contribution in [0, 0.1) is 11.8 Å². The molecule has 0 fully saturated rings. The molecular formula is C83H154O17P2. The zero-order valence-corrected chi connectivity index (χ0v) is 67.7. The molecule has 0 bridgehead atoms. The summed E-state index contributed by atoms with van der Waals surface area (Å²) in [4.78, 5) is 73.0. The summed E-state index contributed by atoms with van der Waals surface area (Å²) >= 11 is 0. The molecular weight excluding hydrogens is 1330 g/mol. The van der Waals surface area contributed by atoms with Gasteiger partial charge in [-0.1, -0.05) is 334 Å². The van der Waals surface area contributed by atoms with Crippen molar-refractivity contribution in [1.82, 2.24) is 0 Å². The molecule has 0 aromatic carbocycles. The summed E-state index contributed by atoms with van der Waals surface area (Å²) < 4.78 is 68.6. The molecule has 0 spiro atoms. The maximum atomic E-state index is 13.1. The van der Waals surface area contributed by atoms with Crippen LogP contribution < -0.4 is 0 Å². The third kappa shape index (κ3) is 72.6. The normalized spacial score (nSPS) is 14.7. The molecule has 0 amide bonds. The predicted octanol–water partition coefficient (Wildman–Crippen LogP) is 24.2. The van der Waals surface area contributed by atoms with E-state index in [0.29, 0.717) is 25.7 Å². The topological polar surface area (TPSA) is 237 Å². The number of unbranched alkanes of at least 4 members (excludes halogenated alkanes) is 40. The lowest BCUT2D eigenvalue weighted by atomic mass is 9.99. The van der Waals surface area contributed by atoms with E-state index >= 15 is 0 Å². The average Bonchev–Trinajstić information content (AvgIpc) is 0.916. The molecule has 19 heteroatoms. The van der Waals surface area contributed by atoms with Gasteiger partial charge < -0.3 is 33.8 Å². The Labute approximate surface area is 623 Å². The second-order valence-electron chi connectivity index (χ2n) is 29.0. The summed E-state index contributed by atoms with van der Waals surface area (Å²) in [6, 6.07) is 0. The Morgan fingerprint density at radius 2 is 0.549 bits per heavy atom. The van der Waals surface area contributed by atoms with Crippen LogP contribution in [0.1, 0.15) is 388 Å². The molecule has 0 heterocycles. The van der Waals surface area contributed by atoms with Gasteiger partial charge in [0.15, 0.2) is 12.2 Å². The molecule has 598 valence electrons. The first-order valence-corrected chi connectivity index (χ1v) is 44.7. The summed E-state index contributed by atoms with van der Waals surface area (Å²) in [5.74, 6) is -0.574. The van der Waals surface area contributed by atoms with E-state index in [0.717, 1.165) is 140 Å². The van der Waals surface area contributed by atoms with Gasteiger partial charge >= 0.3 is 39.5 Å². The number of allylic oxidation sites excluding steroid dienone is 8. The van der Waals surface area contributed by atoms with E-state index in [9.17, 15) is 43.2 Å². The van der Waals surface area contributed by atoms with Crippen LogP contribution in [0.3, 0.4) is 0 Å². The zero-order chi connectivity index (χ0) is 74.9. The molecule has 0 rings (SSSR count). The first-order valence-electron chi connectivity index (χ1n) is 41.7. The molecule has 102 heavy (non-hydrogen) atoms. The van der Waals surface area contributed by atoms with Gasteiger partial charge in [-0.15, -0.1) is 0 Å². The Morgan fingerprint density at radius 3 is 0.824 bits per heavy atom. The summed E-state index contributed by atoms with van der Waals surface area (Å²) in [5.41, 5.74) is 0. The fourth-order valence-corrected chi connectivity index (χ4v) is 13.3. The number of rotatable bonds is 78. The number of hydrogen-bond donors (Lipinski definition) is 3. The van der Waals surface area contributed by atoms with Gasteiger partial charge in [0, 0.05) is 25.7 Å². The summed E-state index contributed by atoms with van der Waals surface area (Å²) in [6.45, 7) is 9.53. The van der Waals surface area contributed by atoms with Gasteiger partial charge in [-0.05, 0) is 88.9 Å². The van der Waals surface area contributed by atoms with Gasteiger partial charge in [0.1, 0.15) is 19.3 Å². The monoisotopic (exact) mass is 1490 g/mol. The number of carbonyl (C=O) groups excluding carboxylic acids is 4. The van der Waals surface area contributed by atoms with Crippen molar-refractivity contribution >= 4 is 39.5 Å². The summed E-state index contributed by atoms with van der Waals surface area (Å²) in [5, 5.41) is 10.6. The van der Waals surface area contributed by atoms with Crippen LogP contribution >= 0.6 is 15.6 Å². The maximum absolute atomic E-state index is 13.1. The second kappa shape index (κ2) is 73.5. The Bertz CT molecular complexity index is 2150. The smallest absolute Gasteiger partial charge is 0.462 e. The Hall–Kier alpha value is -2.98. The number of carbonyl (C=O) groups is 4. The third-order valence-electron chi connectivity index (χ3n) is 18.9. The molecule has 17 nitrogen and oxygen atoms in total. The molecule has 0 saturated heterocycles. The van der Waals surface area contributed by atoms with Crippen LogP contribution in [-0.2, 0) is 65.4 Å². The molecule has 3 N–H and O–H groups in total. The van der Waals surface area contributed by atoms with Crippen molar-refractivity contribution in [1.29, 1.82) is 0 Å². The van der Waals surface area contributed by atoms with Crippen molar-refractivity contribution in [3.63, 3.8) is 0 Å². The lowest BCUT2D eigenvalue weighted by Gasteiger charge is -2.21. The number of ether oxygens (including phenoxy) is 4. The number of phosphoric acid groups is 2. The first-order chi connectivity index (χ1) is 49.4. The molecule has 4 unspecified atom stereocenters. The summed E-state index contributed by atoms with van der Waals surface area (Å²) in [6.07, 6.45) is 69.6. The molecule has 0 aromatic heterocycles. The van der Waals surface area contributed by atoms with E-state index in [-0.39, 0.29) is 25.7 Å². The van der Waals surface area contributed by atoms with E-state index < -0.39 is 97.5 Å². The van der Waals surface area contributed by atoms with E-state index in [2.05, 4.69) is 90.2 Å². The predicted molar refractivity (Wildman–Crippen MR) is 418 cm³/mol. The van der Waals surface area contributed by atoms with E-state index in [1.807, 2.05) is 0 Å². The molecule has 0 aliphatic heterocycles. The minimum absolute atomic E-state index is 0.0781. The highest BCUT2D eigenvalue weighted by atomic mass is 31.2. The van der Waals surface area contributed by atoms with E-state index in [1.54, 1.807) is 0 Å². The number of hydrogen-bond acceptors (Lipinski definition) is 15. The first kappa shape index (κ1) is 99.0. The van der Waals surface area contributed by atoms with Crippen molar-refractivity contribution in [2.75, 3.05) is 39.6 Å². The van der Waals surface area contributed by atoms with Crippen molar-refractivity contribution in [2.24, 2.45) is 11.8 Å². The Morgan fingerprint density at radius 1 is 0.314 bits per heavy atom. The van der Waals surface area contributed by atoms with Gasteiger partial charge in [0.2, 0.25) is 0 Å². The fraction of sp³-hybridized carbons (Fsp3) is 0.855. The quantitative estimate of drug-likeness (QED) is 0.0169. The van der Waals surface area contributed by atoms with E-state index in [4.69, 9.17) is 37.0 Å². The minimum atomic E-state index is -4.98. The van der Waals surface area contributed by atoms with E-state index in [1.165, 1.54) is 167 Å². The van der Waals surface area contributed by atoms with Crippen LogP contribution in [0.15, 0.2) is 48.6 Å². The fourth-order valence-electron chi connectivity index (χ4n) is 11.7. The molecule has 0 aromatic rings. The number of phosphoric ester groups is 2. The van der Waals surface area contributed by atoms with Crippen LogP contribution in [0.4, 0.5) is 0 Å². The highest BCUT2D eigenvalue weighted by Crippen LogP contribution is 2.45. The highest BCUT2D eigenvalue weighted by Gasteiger charge is 2.30. The van der Waals surface area contributed by atoms with Crippen molar-refractivity contribution in [3.8, 4) is 0 Å². The molecule has 0 saturated carbocycles. The van der Waals surface area contributed by atoms with Gasteiger partial charge in [-0.3, -0.25) is 37.3 Å². The number of aliphatic hydroxyl groups excluding tert-OH is 1. The van der Waals surface area contributed by atoms with Crippen LogP contribution in [0.2, 0.25) is 0 Å². The lowest BCUT2D eigenvalue weighted by Crippen LogP contribution is -2.30. The highest BCUT2D eigenvalue weighted by molar-refractivity contribution is 7.47. The Kier molecular flexibility index (Phi) is 71.4. The molecule has 0 radical (unpaired) electrons. The maximum Gasteiger partial charge on any atom is 0.472 e. The molecule has 0 aliphatic rings. The number of aliphatic hydroxyl groups is 1. The SMILES string of the molecule is CCCCCC/C=C\C=C/CCCCCCCC(=O)OC[C@H](COP(=O)(O)OC[C@@H](O)COP(=O)(O)OC[C@@H](COC(=O)CCCCCCCCC(C)CC)OC(=O)CCCCCCCCCCCCCCCCCCCCC(C)CC)OC(=O)CCCCCCC/C=C\C=C/CCCCCC. The minimum Gasteiger partial charge on any atom is -0.462 e. The van der Waals surface area contributed by atoms with Crippen LogP contribution in [-0.4, -0.2) is 96.7 Å². The van der Waals surface area contributed by atoms with Crippen molar-refractivity contribution < 1.29 is 80.2 Å². The lowest BCUT2D eigenvalue weighted by molar-refractivity contribution is -0.161. The average molecular weight is 1490 g/mol. The standard InChI is InChI=1S/C83H154O17P2/c1-7-11-13-15-17-19-21-23-29-34-38-42-46-53-59-65-80(85)93-71-78(99-82(87)67-61-55-47-43-39-35-30-24-22-20-18-16-14-12-8-2)73-97-101(89,90)95-69-77(84)70-96-102(91,92)98-74-79(72-94-81(86)66-60-54-50-49-52-58-64-76(6)10-4)100-83(88)68-62-56-48-44-40-36-32-28-26-25-27-31-33-37-41-45-51-57-63-75(5)9-3/h19-24,29-30,75-79,84H,7-18,25-28,31-74H2,1-6H3,(H,89,90)(H,91,92)/b21-19-,22-20-,29-23-,30-24-/t75?,76?,77-,78-,79-/m1/s1. The number of esters is 4. The van der Waals surface area contributed by atoms with Gasteiger partial charge in [0.25, 0.3) is 0 Å².